The summed E-state index contributed by atoms with van der Waals surface area (Å²) >= 11 is 0. The lowest BCUT2D eigenvalue weighted by atomic mass is 9.98. The van der Waals surface area contributed by atoms with Gasteiger partial charge in [0, 0.05) is 18.7 Å². The molecule has 2 aliphatic heterocycles. The monoisotopic (exact) mass is 499 g/mol. The van der Waals surface area contributed by atoms with Crippen LogP contribution in [0.2, 0.25) is 0 Å². The first-order chi connectivity index (χ1) is 16.1. The number of hydrogen-bond donors (Lipinski definition) is 3. The van der Waals surface area contributed by atoms with Crippen LogP contribution in [0, 0.1) is 0 Å². The molecule has 0 amide bonds. The summed E-state index contributed by atoms with van der Waals surface area (Å²) in [6, 6.07) is 8.06. The Kier molecular flexibility index (Phi) is 6.74. The number of H-pyrrole nitrogens is 1. The maximum Gasteiger partial charge on any atom is 0.459 e. The second-order valence-electron chi connectivity index (χ2n) is 7.98. The minimum Gasteiger partial charge on any atom is -0.464 e. The number of esters is 1. The molecule has 0 radical (unpaired) electrons. The Labute approximate surface area is 192 Å². The molecule has 184 valence electrons. The van der Waals surface area contributed by atoms with E-state index in [1.807, 2.05) is 4.98 Å². The molecule has 3 N–H and O–H groups in total. The lowest BCUT2D eigenvalue weighted by molar-refractivity contribution is -0.139. The van der Waals surface area contributed by atoms with Crippen molar-refractivity contribution in [2.45, 2.75) is 43.5 Å². The first-order valence-electron chi connectivity index (χ1n) is 10.4. The predicted octanol–water partition coefficient (Wildman–Crippen LogP) is 0.632. The smallest absolute Gasteiger partial charge is 0.459 e. The number of hydrogen-bond acceptors (Lipinski definition) is 9. The first-order valence-corrected chi connectivity index (χ1v) is 11.9. The van der Waals surface area contributed by atoms with Gasteiger partial charge in [-0.3, -0.25) is 23.7 Å². The van der Waals surface area contributed by atoms with Gasteiger partial charge < -0.3 is 19.1 Å². The van der Waals surface area contributed by atoms with Crippen LogP contribution in [-0.2, 0) is 23.4 Å². The third-order valence-electron chi connectivity index (χ3n) is 5.45. The highest BCUT2D eigenvalue weighted by atomic mass is 31.2. The van der Waals surface area contributed by atoms with Crippen LogP contribution in [0.3, 0.4) is 0 Å². The van der Waals surface area contributed by atoms with E-state index in [2.05, 4.69) is 5.09 Å². The number of carbonyl (C=O) groups is 1. The van der Waals surface area contributed by atoms with Gasteiger partial charge in [-0.2, -0.15) is 5.09 Å². The average molecular weight is 499 g/mol. The number of aromatic nitrogens is 2. The normalized spacial score (nSPS) is 30.6. The molecule has 12 nitrogen and oxygen atoms in total. The molecule has 0 aliphatic carbocycles. The van der Waals surface area contributed by atoms with Crippen molar-refractivity contribution in [2.75, 3.05) is 13.2 Å². The zero-order valence-corrected chi connectivity index (χ0v) is 18.9. The van der Waals surface area contributed by atoms with E-state index in [4.69, 9.17) is 18.5 Å². The van der Waals surface area contributed by atoms with Gasteiger partial charge in [-0.1, -0.05) is 18.2 Å². The van der Waals surface area contributed by atoms with Crippen molar-refractivity contribution in [3.05, 3.63) is 63.4 Å². The molecule has 0 saturated carbocycles. The van der Waals surface area contributed by atoms with Crippen molar-refractivity contribution in [3.8, 4) is 5.75 Å². The summed E-state index contributed by atoms with van der Waals surface area (Å²) in [6.07, 6.45) is -3.50. The van der Waals surface area contributed by atoms with Crippen LogP contribution in [-0.4, -0.2) is 57.8 Å². The highest BCUT2D eigenvalue weighted by Gasteiger charge is 2.56. The lowest BCUT2D eigenvalue weighted by Crippen LogP contribution is -2.43. The van der Waals surface area contributed by atoms with E-state index < -0.39 is 61.7 Å². The summed E-state index contributed by atoms with van der Waals surface area (Å²) in [5.74, 6) is -0.461. The highest BCUT2D eigenvalue weighted by Crippen LogP contribution is 2.47. The van der Waals surface area contributed by atoms with E-state index in [0.29, 0.717) is 0 Å². The van der Waals surface area contributed by atoms with E-state index >= 15 is 4.39 Å². The third kappa shape index (κ3) is 4.98. The Balaban J connectivity index is 1.53. The van der Waals surface area contributed by atoms with Crippen molar-refractivity contribution >= 4 is 13.7 Å². The van der Waals surface area contributed by atoms with Crippen molar-refractivity contribution in [3.63, 3.8) is 0 Å². The maximum atomic E-state index is 15.4. The van der Waals surface area contributed by atoms with Gasteiger partial charge in [0.2, 0.25) is 0 Å². The number of aliphatic hydroxyl groups excluding tert-OH is 1. The molecule has 14 heteroatoms. The van der Waals surface area contributed by atoms with Crippen LogP contribution < -0.4 is 20.9 Å². The fourth-order valence-electron chi connectivity index (χ4n) is 3.65. The van der Waals surface area contributed by atoms with Gasteiger partial charge in [0.15, 0.2) is 11.9 Å². The molecule has 4 rings (SSSR count). The van der Waals surface area contributed by atoms with Crippen molar-refractivity contribution < 1.29 is 37.4 Å². The summed E-state index contributed by atoms with van der Waals surface area (Å²) in [6.45, 7) is 0.531. The molecule has 1 aromatic heterocycles. The molecular weight excluding hydrogens is 476 g/mol. The summed E-state index contributed by atoms with van der Waals surface area (Å²) in [5.41, 5.74) is -4.09. The Morgan fingerprint density at radius 1 is 1.29 bits per heavy atom. The Bertz CT molecular complexity index is 1200. The van der Waals surface area contributed by atoms with Crippen LogP contribution in [0.5, 0.6) is 5.75 Å². The number of nitrogens with zero attached hydrogens (tertiary/aromatic N) is 1. The van der Waals surface area contributed by atoms with Gasteiger partial charge in [-0.25, -0.2) is 13.8 Å². The lowest BCUT2D eigenvalue weighted by Gasteiger charge is -2.25. The maximum absolute atomic E-state index is 15.4. The van der Waals surface area contributed by atoms with E-state index in [1.165, 1.54) is 12.1 Å². The molecule has 2 aromatic rings. The first kappa shape index (κ1) is 24.3. The minimum absolute atomic E-state index is 0.127. The molecule has 3 heterocycles. The van der Waals surface area contributed by atoms with E-state index in [9.17, 15) is 24.1 Å². The molecule has 1 aromatic carbocycles. The largest absolute Gasteiger partial charge is 0.464 e. The van der Waals surface area contributed by atoms with E-state index in [-0.39, 0.29) is 18.8 Å². The van der Waals surface area contributed by atoms with Crippen LogP contribution in [0.4, 0.5) is 4.39 Å². The summed E-state index contributed by atoms with van der Waals surface area (Å²) < 4.78 is 50.9. The summed E-state index contributed by atoms with van der Waals surface area (Å²) in [5, 5.41) is 13.0. The molecule has 0 bridgehead atoms. The summed E-state index contributed by atoms with van der Waals surface area (Å²) in [7, 11) is -4.24. The zero-order chi connectivity index (χ0) is 24.5. The van der Waals surface area contributed by atoms with Gasteiger partial charge in [0.05, 0.1) is 13.2 Å². The van der Waals surface area contributed by atoms with Crippen molar-refractivity contribution in [1.82, 2.24) is 14.6 Å². The van der Waals surface area contributed by atoms with Crippen LogP contribution in [0.15, 0.2) is 52.2 Å². The number of para-hydroxylation sites is 1. The molecule has 2 saturated heterocycles. The number of benzene rings is 1. The predicted molar refractivity (Wildman–Crippen MR) is 114 cm³/mol. The standard InChI is InChI=1S/C20H23FN3O9P/c1-20(21)16(26)14(32-18(20)24-9-7-15(25)22-19(24)28)11-31-34(29,23-13-8-10-30-17(13)27)33-12-5-3-2-4-6-12/h2-7,9,13-14,16,18,26H,8,10-11H2,1H3,(H,23,29)(H,22,25,28)/t13-,14+,16+,18+,20+,34?/m0/s1. The minimum atomic E-state index is -4.24. The molecule has 2 fully saturated rings. The zero-order valence-electron chi connectivity index (χ0n) is 18.0. The fourth-order valence-corrected chi connectivity index (χ4v) is 5.19. The number of alkyl halides is 1. The second kappa shape index (κ2) is 9.43. The molecular formula is C20H23FN3O9P. The Hall–Kier alpha value is -2.83. The van der Waals surface area contributed by atoms with Gasteiger partial charge in [0.25, 0.3) is 5.56 Å². The molecule has 34 heavy (non-hydrogen) atoms. The quantitative estimate of drug-likeness (QED) is 0.348. The summed E-state index contributed by atoms with van der Waals surface area (Å²) in [4.78, 5) is 37.3. The van der Waals surface area contributed by atoms with Crippen molar-refractivity contribution in [1.29, 1.82) is 0 Å². The third-order valence-corrected chi connectivity index (χ3v) is 7.02. The van der Waals surface area contributed by atoms with E-state index in [0.717, 1.165) is 23.8 Å². The van der Waals surface area contributed by atoms with Crippen LogP contribution >= 0.6 is 7.75 Å². The van der Waals surface area contributed by atoms with Gasteiger partial charge in [0.1, 0.15) is 24.0 Å². The Morgan fingerprint density at radius 3 is 2.68 bits per heavy atom. The average Bonchev–Trinajstić information content (AvgIpc) is 3.28. The van der Waals surface area contributed by atoms with E-state index in [1.54, 1.807) is 18.2 Å². The number of carbonyl (C=O) groups excluding carboxylic acids is 1. The fraction of sp³-hybridized carbons (Fsp3) is 0.450. The SMILES string of the molecule is C[C@@]1(F)[C@H](O)[C@@H](COP(=O)(N[C@H]2CCOC2=O)Oc2ccccc2)O[C@H]1n1ccc(=O)[nH]c1=O. The van der Waals surface area contributed by atoms with Gasteiger partial charge in [-0.15, -0.1) is 0 Å². The van der Waals surface area contributed by atoms with Crippen LogP contribution in [0.1, 0.15) is 19.6 Å². The van der Waals surface area contributed by atoms with Crippen LogP contribution in [0.25, 0.3) is 0 Å². The number of ether oxygens (including phenoxy) is 2. The molecule has 2 aliphatic rings. The highest BCUT2D eigenvalue weighted by molar-refractivity contribution is 7.52. The molecule has 6 atom stereocenters. The number of cyclic esters (lactones) is 1. The number of aliphatic hydroxyl groups is 1. The molecule has 0 spiro atoms. The number of aromatic amines is 1. The Morgan fingerprint density at radius 2 is 2.03 bits per heavy atom. The molecule has 1 unspecified atom stereocenters. The van der Waals surface area contributed by atoms with Gasteiger partial charge >= 0.3 is 19.4 Å². The number of rotatable bonds is 8. The number of nitrogens with one attached hydrogen (secondary N) is 2. The van der Waals surface area contributed by atoms with Crippen molar-refractivity contribution in [2.24, 2.45) is 0 Å². The topological polar surface area (TPSA) is 158 Å². The number of halogens is 1. The second-order valence-corrected chi connectivity index (χ2v) is 9.67. The van der Waals surface area contributed by atoms with Gasteiger partial charge in [-0.05, 0) is 19.1 Å².